The standard InChI is InChI=1S/C14H16FN3O/c1-8-11(9-5-10(15)7-16-6-9)17-13(14(2,3)4)18-12(8)19/h5-7H,1-4H3,(H,17,18,19). The molecule has 2 rings (SSSR count). The zero-order chi connectivity index (χ0) is 14.2. The van der Waals surface area contributed by atoms with Crippen LogP contribution < -0.4 is 5.56 Å². The maximum atomic E-state index is 13.2. The van der Waals surface area contributed by atoms with Crippen molar-refractivity contribution >= 4 is 0 Å². The topological polar surface area (TPSA) is 58.6 Å². The highest BCUT2D eigenvalue weighted by Gasteiger charge is 2.20. The third-order valence-corrected chi connectivity index (χ3v) is 2.84. The largest absolute Gasteiger partial charge is 0.310 e. The minimum atomic E-state index is -0.448. The number of nitrogens with zero attached hydrogens (tertiary/aromatic N) is 2. The fourth-order valence-corrected chi connectivity index (χ4v) is 1.71. The molecule has 0 bridgehead atoms. The molecule has 19 heavy (non-hydrogen) atoms. The van der Waals surface area contributed by atoms with Gasteiger partial charge in [0.15, 0.2) is 0 Å². The molecule has 0 fully saturated rings. The van der Waals surface area contributed by atoms with Crippen molar-refractivity contribution in [1.29, 1.82) is 0 Å². The third-order valence-electron chi connectivity index (χ3n) is 2.84. The van der Waals surface area contributed by atoms with Gasteiger partial charge in [-0.2, -0.15) is 0 Å². The van der Waals surface area contributed by atoms with Crippen LogP contribution in [0.5, 0.6) is 0 Å². The molecule has 0 atom stereocenters. The van der Waals surface area contributed by atoms with Gasteiger partial charge in [0.05, 0.1) is 11.9 Å². The van der Waals surface area contributed by atoms with Crippen LogP contribution in [0.4, 0.5) is 4.39 Å². The fourth-order valence-electron chi connectivity index (χ4n) is 1.71. The zero-order valence-electron chi connectivity index (χ0n) is 11.4. The first-order chi connectivity index (χ1) is 8.79. The molecule has 0 saturated heterocycles. The van der Waals surface area contributed by atoms with E-state index in [4.69, 9.17) is 0 Å². The van der Waals surface area contributed by atoms with E-state index in [1.165, 1.54) is 12.3 Å². The highest BCUT2D eigenvalue weighted by Crippen LogP contribution is 2.23. The van der Waals surface area contributed by atoms with Crippen molar-refractivity contribution in [1.82, 2.24) is 15.0 Å². The maximum absolute atomic E-state index is 13.2. The number of nitrogens with one attached hydrogen (secondary N) is 1. The Morgan fingerprint density at radius 2 is 1.95 bits per heavy atom. The van der Waals surface area contributed by atoms with E-state index < -0.39 is 5.82 Å². The first-order valence-corrected chi connectivity index (χ1v) is 6.01. The molecule has 0 amide bonds. The minimum Gasteiger partial charge on any atom is -0.310 e. The first-order valence-electron chi connectivity index (χ1n) is 6.01. The van der Waals surface area contributed by atoms with E-state index in [1.807, 2.05) is 20.8 Å². The number of halogens is 1. The Balaban J connectivity index is 2.70. The van der Waals surface area contributed by atoms with Crippen molar-refractivity contribution in [3.63, 3.8) is 0 Å². The molecule has 100 valence electrons. The SMILES string of the molecule is Cc1c(-c2cncc(F)c2)nc(C(C)(C)C)[nH]c1=O. The van der Waals surface area contributed by atoms with Crippen molar-refractivity contribution in [2.75, 3.05) is 0 Å². The van der Waals surface area contributed by atoms with Gasteiger partial charge in [0, 0.05) is 22.7 Å². The number of hydrogen-bond acceptors (Lipinski definition) is 3. The summed E-state index contributed by atoms with van der Waals surface area (Å²) in [6.07, 6.45) is 2.63. The summed E-state index contributed by atoms with van der Waals surface area (Å²) in [6.45, 7) is 7.52. The normalized spacial score (nSPS) is 11.6. The molecule has 0 saturated carbocycles. The molecule has 1 N–H and O–H groups in total. The molecule has 0 unspecified atom stereocenters. The van der Waals surface area contributed by atoms with E-state index in [2.05, 4.69) is 15.0 Å². The summed E-state index contributed by atoms with van der Waals surface area (Å²) < 4.78 is 13.2. The van der Waals surface area contributed by atoms with Crippen LogP contribution in [0.25, 0.3) is 11.3 Å². The summed E-state index contributed by atoms with van der Waals surface area (Å²) in [7, 11) is 0. The molecule has 4 nitrogen and oxygen atoms in total. The molecule has 2 aromatic rings. The first kappa shape index (κ1) is 13.4. The zero-order valence-corrected chi connectivity index (χ0v) is 11.4. The van der Waals surface area contributed by atoms with E-state index in [1.54, 1.807) is 6.92 Å². The second kappa shape index (κ2) is 4.57. The number of rotatable bonds is 1. The van der Waals surface area contributed by atoms with Crippen LogP contribution in [0.2, 0.25) is 0 Å². The van der Waals surface area contributed by atoms with Gasteiger partial charge >= 0.3 is 0 Å². The van der Waals surface area contributed by atoms with Gasteiger partial charge in [-0.3, -0.25) is 9.78 Å². The Morgan fingerprint density at radius 3 is 2.53 bits per heavy atom. The van der Waals surface area contributed by atoms with E-state index in [9.17, 15) is 9.18 Å². The quantitative estimate of drug-likeness (QED) is 0.858. The maximum Gasteiger partial charge on any atom is 0.254 e. The Morgan fingerprint density at radius 1 is 1.26 bits per heavy atom. The van der Waals surface area contributed by atoms with Crippen LogP contribution >= 0.6 is 0 Å². The monoisotopic (exact) mass is 261 g/mol. The van der Waals surface area contributed by atoms with Crippen LogP contribution in [0, 0.1) is 12.7 Å². The van der Waals surface area contributed by atoms with Crippen LogP contribution in [-0.2, 0) is 5.41 Å². The van der Waals surface area contributed by atoms with Gasteiger partial charge in [0.2, 0.25) is 0 Å². The summed E-state index contributed by atoms with van der Waals surface area (Å²) >= 11 is 0. The van der Waals surface area contributed by atoms with E-state index in [-0.39, 0.29) is 11.0 Å². The van der Waals surface area contributed by atoms with Crippen molar-refractivity contribution in [3.05, 3.63) is 46.0 Å². The van der Waals surface area contributed by atoms with Gasteiger partial charge in [0.25, 0.3) is 5.56 Å². The summed E-state index contributed by atoms with van der Waals surface area (Å²) in [4.78, 5) is 23.0. The van der Waals surface area contributed by atoms with E-state index in [0.717, 1.165) is 6.20 Å². The smallest absolute Gasteiger partial charge is 0.254 e. The summed E-state index contributed by atoms with van der Waals surface area (Å²) in [5, 5.41) is 0. The van der Waals surface area contributed by atoms with E-state index >= 15 is 0 Å². The molecule has 5 heteroatoms. The predicted molar refractivity (Wildman–Crippen MR) is 71.5 cm³/mol. The Hall–Kier alpha value is -2.04. The minimum absolute atomic E-state index is 0.209. The molecule has 0 aliphatic rings. The Kier molecular flexibility index (Phi) is 3.22. The van der Waals surface area contributed by atoms with Gasteiger partial charge in [0.1, 0.15) is 11.6 Å². The predicted octanol–water partition coefficient (Wildman–Crippen LogP) is 2.58. The molecular weight excluding hydrogens is 245 g/mol. The molecule has 0 radical (unpaired) electrons. The van der Waals surface area contributed by atoms with Crippen LogP contribution in [0.15, 0.2) is 23.3 Å². The van der Waals surface area contributed by atoms with Crippen molar-refractivity contribution < 1.29 is 4.39 Å². The molecule has 0 aliphatic heterocycles. The lowest BCUT2D eigenvalue weighted by atomic mass is 9.95. The lowest BCUT2D eigenvalue weighted by Crippen LogP contribution is -2.24. The fraction of sp³-hybridized carbons (Fsp3) is 0.357. The molecule has 0 aliphatic carbocycles. The van der Waals surface area contributed by atoms with Crippen molar-refractivity contribution in [2.45, 2.75) is 33.1 Å². The molecule has 0 aromatic carbocycles. The highest BCUT2D eigenvalue weighted by atomic mass is 19.1. The summed E-state index contributed by atoms with van der Waals surface area (Å²) in [5.74, 6) is 0.124. The Bertz CT molecular complexity index is 671. The van der Waals surface area contributed by atoms with E-state index in [0.29, 0.717) is 22.6 Å². The number of aromatic amines is 1. The third kappa shape index (κ3) is 2.70. The summed E-state index contributed by atoms with van der Waals surface area (Å²) in [5.41, 5.74) is 0.942. The number of hydrogen-bond donors (Lipinski definition) is 1. The molecule has 2 aromatic heterocycles. The molecule has 0 spiro atoms. The van der Waals surface area contributed by atoms with Crippen LogP contribution in [-0.4, -0.2) is 15.0 Å². The second-order valence-corrected chi connectivity index (χ2v) is 5.53. The van der Waals surface area contributed by atoms with Crippen molar-refractivity contribution in [3.8, 4) is 11.3 Å². The number of pyridine rings is 1. The van der Waals surface area contributed by atoms with Crippen LogP contribution in [0.1, 0.15) is 32.2 Å². The average Bonchev–Trinajstić information content (AvgIpc) is 2.31. The lowest BCUT2D eigenvalue weighted by Gasteiger charge is -2.18. The molecular formula is C14H16FN3O. The van der Waals surface area contributed by atoms with Gasteiger partial charge in [-0.25, -0.2) is 9.37 Å². The number of aromatic nitrogens is 3. The highest BCUT2D eigenvalue weighted by molar-refractivity contribution is 5.61. The second-order valence-electron chi connectivity index (χ2n) is 5.53. The Labute approximate surface area is 110 Å². The average molecular weight is 261 g/mol. The van der Waals surface area contributed by atoms with Crippen molar-refractivity contribution in [2.24, 2.45) is 0 Å². The summed E-state index contributed by atoms with van der Waals surface area (Å²) in [6, 6.07) is 1.33. The van der Waals surface area contributed by atoms with Gasteiger partial charge in [-0.1, -0.05) is 20.8 Å². The lowest BCUT2D eigenvalue weighted by molar-refractivity contribution is 0.542. The van der Waals surface area contributed by atoms with Gasteiger partial charge in [-0.15, -0.1) is 0 Å². The molecule has 2 heterocycles. The number of H-pyrrole nitrogens is 1. The van der Waals surface area contributed by atoms with Gasteiger partial charge in [-0.05, 0) is 13.0 Å². The van der Waals surface area contributed by atoms with Crippen LogP contribution in [0.3, 0.4) is 0 Å². The van der Waals surface area contributed by atoms with Gasteiger partial charge < -0.3 is 4.98 Å².